The van der Waals surface area contributed by atoms with Crippen molar-refractivity contribution >= 4 is 11.5 Å². The molecule has 0 amide bonds. The lowest BCUT2D eigenvalue weighted by molar-refractivity contribution is 0.440. The smallest absolute Gasteiger partial charge is 0.193 e. The van der Waals surface area contributed by atoms with Gasteiger partial charge in [-0.2, -0.15) is 0 Å². The van der Waals surface area contributed by atoms with Crippen LogP contribution in [0.3, 0.4) is 0 Å². The number of aliphatic imine (C=N–C) groups is 1. The van der Waals surface area contributed by atoms with Crippen molar-refractivity contribution in [1.29, 1.82) is 0 Å². The Morgan fingerprint density at radius 1 is 1.32 bits per heavy atom. The van der Waals surface area contributed by atoms with E-state index in [0.717, 1.165) is 38.4 Å². The third-order valence-corrected chi connectivity index (χ3v) is 3.40. The van der Waals surface area contributed by atoms with Crippen molar-refractivity contribution < 1.29 is 0 Å². The van der Waals surface area contributed by atoms with E-state index in [0.29, 0.717) is 0 Å². The average Bonchev–Trinajstić information content (AvgIpc) is 2.49. The normalized spacial score (nSPS) is 16.2. The Morgan fingerprint density at radius 3 is 2.68 bits per heavy atom. The number of nitrogens with one attached hydrogen (secondary N) is 1. The van der Waals surface area contributed by atoms with Crippen molar-refractivity contribution in [2.45, 2.75) is 19.8 Å². The van der Waals surface area contributed by atoms with Crippen LogP contribution in [0.1, 0.15) is 25.3 Å². The van der Waals surface area contributed by atoms with Crippen molar-refractivity contribution in [2.24, 2.45) is 4.99 Å². The van der Waals surface area contributed by atoms with Gasteiger partial charge in [0.05, 0.1) is 0 Å². The second-order valence-corrected chi connectivity index (χ2v) is 4.77. The first-order chi connectivity index (χ1) is 9.35. The fourth-order valence-corrected chi connectivity index (χ4v) is 2.35. The summed E-state index contributed by atoms with van der Waals surface area (Å²) < 4.78 is 0. The van der Waals surface area contributed by atoms with Crippen LogP contribution in [0.5, 0.6) is 0 Å². The van der Waals surface area contributed by atoms with Crippen LogP contribution in [0.2, 0.25) is 0 Å². The number of benzene rings is 1. The summed E-state index contributed by atoms with van der Waals surface area (Å²) in [6, 6.07) is 10.6. The van der Waals surface area contributed by atoms with Crippen LogP contribution >= 0.6 is 0 Å². The molecule has 0 bridgehead atoms. The first-order valence-electron chi connectivity index (χ1n) is 7.05. The molecule has 3 nitrogen and oxygen atoms in total. The van der Waals surface area contributed by atoms with Crippen molar-refractivity contribution in [3.8, 4) is 0 Å². The Kier molecular flexibility index (Phi) is 5.01. The molecule has 0 unspecified atom stereocenters. The van der Waals surface area contributed by atoms with E-state index >= 15 is 0 Å². The van der Waals surface area contributed by atoms with Crippen molar-refractivity contribution in [2.75, 3.05) is 26.7 Å². The molecule has 1 aliphatic rings. The van der Waals surface area contributed by atoms with E-state index in [2.05, 4.69) is 58.5 Å². The fourth-order valence-electron chi connectivity index (χ4n) is 2.35. The number of hydrogen-bond donors (Lipinski definition) is 1. The van der Waals surface area contributed by atoms with E-state index < -0.39 is 0 Å². The Balaban J connectivity index is 1.99. The van der Waals surface area contributed by atoms with Crippen molar-refractivity contribution in [3.63, 3.8) is 0 Å². The summed E-state index contributed by atoms with van der Waals surface area (Å²) in [5.74, 6) is 1.02. The molecule has 102 valence electrons. The highest BCUT2D eigenvalue weighted by Crippen LogP contribution is 2.21. The van der Waals surface area contributed by atoms with E-state index in [4.69, 9.17) is 0 Å². The van der Waals surface area contributed by atoms with Gasteiger partial charge in [-0.1, -0.05) is 43.3 Å². The molecule has 1 aromatic carbocycles. The minimum absolute atomic E-state index is 0.938. The van der Waals surface area contributed by atoms with Crippen LogP contribution in [0.4, 0.5) is 0 Å². The summed E-state index contributed by atoms with van der Waals surface area (Å²) in [5.41, 5.74) is 2.79. The quantitative estimate of drug-likeness (QED) is 0.666. The second-order valence-electron chi connectivity index (χ2n) is 4.77. The largest absolute Gasteiger partial charge is 0.356 e. The minimum Gasteiger partial charge on any atom is -0.356 e. The maximum Gasteiger partial charge on any atom is 0.193 e. The summed E-state index contributed by atoms with van der Waals surface area (Å²) >= 11 is 0. The highest BCUT2D eigenvalue weighted by molar-refractivity contribution is 5.81. The summed E-state index contributed by atoms with van der Waals surface area (Å²) in [4.78, 5) is 6.66. The van der Waals surface area contributed by atoms with Gasteiger partial charge in [0.15, 0.2) is 5.96 Å². The summed E-state index contributed by atoms with van der Waals surface area (Å²) in [7, 11) is 1.86. The van der Waals surface area contributed by atoms with Crippen molar-refractivity contribution in [3.05, 3.63) is 42.0 Å². The molecule has 0 aliphatic carbocycles. The molecular weight excluding hydrogens is 234 g/mol. The number of hydrogen-bond acceptors (Lipinski definition) is 1. The molecule has 0 aromatic heterocycles. The maximum atomic E-state index is 4.35. The van der Waals surface area contributed by atoms with Crippen LogP contribution in [0, 0.1) is 0 Å². The van der Waals surface area contributed by atoms with Gasteiger partial charge in [0.1, 0.15) is 0 Å². The number of rotatable bonds is 3. The summed E-state index contributed by atoms with van der Waals surface area (Å²) in [6.07, 6.45) is 4.52. The van der Waals surface area contributed by atoms with Crippen LogP contribution in [0.25, 0.3) is 5.57 Å². The monoisotopic (exact) mass is 257 g/mol. The average molecular weight is 257 g/mol. The minimum atomic E-state index is 0.938. The molecule has 0 saturated carbocycles. The lowest BCUT2D eigenvalue weighted by Gasteiger charge is -2.29. The van der Waals surface area contributed by atoms with E-state index in [9.17, 15) is 0 Å². The molecule has 0 fully saturated rings. The molecule has 0 radical (unpaired) electrons. The fraction of sp³-hybridized carbons (Fsp3) is 0.438. The molecule has 3 heteroatoms. The van der Waals surface area contributed by atoms with Gasteiger partial charge in [0.25, 0.3) is 0 Å². The molecule has 1 aliphatic heterocycles. The van der Waals surface area contributed by atoms with Gasteiger partial charge in [0, 0.05) is 26.7 Å². The topological polar surface area (TPSA) is 27.6 Å². The van der Waals surface area contributed by atoms with Gasteiger partial charge in [-0.15, -0.1) is 0 Å². The Morgan fingerprint density at radius 2 is 2.11 bits per heavy atom. The molecule has 2 rings (SSSR count). The molecule has 19 heavy (non-hydrogen) atoms. The van der Waals surface area contributed by atoms with Gasteiger partial charge in [-0.3, -0.25) is 4.99 Å². The predicted molar refractivity (Wildman–Crippen MR) is 82.3 cm³/mol. The van der Waals surface area contributed by atoms with Gasteiger partial charge in [-0.05, 0) is 24.0 Å². The molecule has 1 aromatic rings. The van der Waals surface area contributed by atoms with Gasteiger partial charge < -0.3 is 10.2 Å². The maximum absolute atomic E-state index is 4.35. The highest BCUT2D eigenvalue weighted by atomic mass is 15.3. The number of nitrogens with zero attached hydrogens (tertiary/aromatic N) is 2. The summed E-state index contributed by atoms with van der Waals surface area (Å²) in [5, 5.41) is 3.39. The van der Waals surface area contributed by atoms with E-state index in [1.807, 2.05) is 7.05 Å². The zero-order chi connectivity index (χ0) is 13.5. The first-order valence-corrected chi connectivity index (χ1v) is 7.05. The lowest BCUT2D eigenvalue weighted by Crippen LogP contribution is -2.43. The van der Waals surface area contributed by atoms with E-state index in [-0.39, 0.29) is 0 Å². The Bertz CT molecular complexity index is 448. The molecule has 1 N–H and O–H groups in total. The summed E-state index contributed by atoms with van der Waals surface area (Å²) in [6.45, 7) is 5.13. The zero-order valence-electron chi connectivity index (χ0n) is 11.9. The van der Waals surface area contributed by atoms with Gasteiger partial charge >= 0.3 is 0 Å². The van der Waals surface area contributed by atoms with Crippen LogP contribution in [-0.4, -0.2) is 37.5 Å². The second kappa shape index (κ2) is 6.98. The first kappa shape index (κ1) is 13.7. The van der Waals surface area contributed by atoms with Gasteiger partial charge in [-0.25, -0.2) is 0 Å². The highest BCUT2D eigenvalue weighted by Gasteiger charge is 2.15. The zero-order valence-corrected chi connectivity index (χ0v) is 11.9. The molecule has 0 spiro atoms. The third kappa shape index (κ3) is 3.60. The number of guanidine groups is 1. The van der Waals surface area contributed by atoms with E-state index in [1.165, 1.54) is 11.1 Å². The third-order valence-electron chi connectivity index (χ3n) is 3.40. The standard InChI is InChI=1S/C16H23N3/c1-3-11-18-16(17-2)19-12-9-15(10-13-19)14-7-5-4-6-8-14/h4-9H,3,10-13H2,1-2H3,(H,17,18). The van der Waals surface area contributed by atoms with Crippen LogP contribution in [-0.2, 0) is 0 Å². The van der Waals surface area contributed by atoms with Gasteiger partial charge in [0.2, 0.25) is 0 Å². The molecular formula is C16H23N3. The Labute approximate surface area is 116 Å². The lowest BCUT2D eigenvalue weighted by atomic mass is 10.00. The molecule has 0 atom stereocenters. The SMILES string of the molecule is CCCNC(=NC)N1CC=C(c2ccccc2)CC1. The molecule has 1 heterocycles. The van der Waals surface area contributed by atoms with Crippen molar-refractivity contribution in [1.82, 2.24) is 10.2 Å². The Hall–Kier alpha value is -1.77. The molecule has 0 saturated heterocycles. The van der Waals surface area contributed by atoms with E-state index in [1.54, 1.807) is 0 Å². The predicted octanol–water partition coefficient (Wildman–Crippen LogP) is 2.76. The van der Waals surface area contributed by atoms with Crippen LogP contribution in [0.15, 0.2) is 41.4 Å². The van der Waals surface area contributed by atoms with Crippen LogP contribution < -0.4 is 5.32 Å².